The Labute approximate surface area is 205 Å². The first kappa shape index (κ1) is 23.6. The van der Waals surface area contributed by atoms with Crippen molar-refractivity contribution in [2.45, 2.75) is 24.3 Å². The standard InChI is InChI=1S/C25H29N3O6S/c29-24-15-20(18-27(24)17-19-5-2-1-3-6-19)25(30)26-9-11-28(12-10-26)35(31,32)21-7-8-22-23(16-21)34-14-4-13-33-22/h1-3,5-8,16,20H,4,9-15,17-18H2/t20-/m1/s1. The Hall–Kier alpha value is -3.11. The first-order chi connectivity index (χ1) is 16.9. The van der Waals surface area contributed by atoms with Crippen LogP contribution in [0, 0.1) is 5.92 Å². The Bertz CT molecular complexity index is 1190. The molecule has 35 heavy (non-hydrogen) atoms. The van der Waals surface area contributed by atoms with Crippen molar-refractivity contribution < 1.29 is 27.5 Å². The summed E-state index contributed by atoms with van der Waals surface area (Å²) in [7, 11) is -3.73. The van der Waals surface area contributed by atoms with Gasteiger partial charge in [-0.15, -0.1) is 0 Å². The molecule has 0 aromatic heterocycles. The highest BCUT2D eigenvalue weighted by molar-refractivity contribution is 7.89. The summed E-state index contributed by atoms with van der Waals surface area (Å²) in [5, 5.41) is 0. The van der Waals surface area contributed by atoms with Gasteiger partial charge in [0.2, 0.25) is 21.8 Å². The van der Waals surface area contributed by atoms with Gasteiger partial charge in [0.1, 0.15) is 0 Å². The first-order valence-corrected chi connectivity index (χ1v) is 13.4. The second-order valence-corrected chi connectivity index (χ2v) is 11.0. The van der Waals surface area contributed by atoms with Crippen LogP contribution in [0.3, 0.4) is 0 Å². The van der Waals surface area contributed by atoms with Crippen LogP contribution in [0.4, 0.5) is 0 Å². The van der Waals surface area contributed by atoms with E-state index in [1.54, 1.807) is 15.9 Å². The zero-order valence-electron chi connectivity index (χ0n) is 19.5. The Balaban J connectivity index is 1.19. The summed E-state index contributed by atoms with van der Waals surface area (Å²) in [6.07, 6.45) is 0.935. The summed E-state index contributed by atoms with van der Waals surface area (Å²) >= 11 is 0. The second-order valence-electron chi connectivity index (χ2n) is 9.05. The third-order valence-electron chi connectivity index (χ3n) is 6.69. The minimum absolute atomic E-state index is 0.0252. The van der Waals surface area contributed by atoms with Crippen LogP contribution in [-0.2, 0) is 26.2 Å². The summed E-state index contributed by atoms with van der Waals surface area (Å²) < 4.78 is 39.1. The van der Waals surface area contributed by atoms with Crippen molar-refractivity contribution in [3.63, 3.8) is 0 Å². The maximum Gasteiger partial charge on any atom is 0.243 e. The van der Waals surface area contributed by atoms with Crippen molar-refractivity contribution in [2.24, 2.45) is 5.92 Å². The zero-order chi connectivity index (χ0) is 24.4. The molecule has 0 spiro atoms. The molecule has 0 radical (unpaired) electrons. The van der Waals surface area contributed by atoms with E-state index in [9.17, 15) is 18.0 Å². The lowest BCUT2D eigenvalue weighted by Crippen LogP contribution is -2.52. The SMILES string of the molecule is O=C1C[C@@H](C(=O)N2CCN(S(=O)(=O)c3ccc4c(c3)OCCCO4)CC2)CN1Cc1ccccc1. The highest BCUT2D eigenvalue weighted by Crippen LogP contribution is 2.33. The zero-order valence-corrected chi connectivity index (χ0v) is 20.3. The van der Waals surface area contributed by atoms with Crippen LogP contribution in [0.1, 0.15) is 18.4 Å². The van der Waals surface area contributed by atoms with E-state index in [-0.39, 0.29) is 36.2 Å². The molecule has 2 saturated heterocycles. The second kappa shape index (κ2) is 9.87. The number of carbonyl (C=O) groups excluding carboxylic acids is 2. The Morgan fingerprint density at radius 2 is 1.66 bits per heavy atom. The third-order valence-corrected chi connectivity index (χ3v) is 8.58. The highest BCUT2D eigenvalue weighted by atomic mass is 32.2. The van der Waals surface area contributed by atoms with E-state index in [0.29, 0.717) is 50.9 Å². The van der Waals surface area contributed by atoms with Gasteiger partial charge in [0.15, 0.2) is 11.5 Å². The molecule has 2 fully saturated rings. The van der Waals surface area contributed by atoms with E-state index in [0.717, 1.165) is 12.0 Å². The van der Waals surface area contributed by atoms with Gasteiger partial charge in [0.05, 0.1) is 24.0 Å². The number of benzene rings is 2. The van der Waals surface area contributed by atoms with Crippen molar-refractivity contribution in [1.82, 2.24) is 14.1 Å². The number of rotatable bonds is 5. The van der Waals surface area contributed by atoms with Crippen molar-refractivity contribution in [1.29, 1.82) is 0 Å². The lowest BCUT2D eigenvalue weighted by molar-refractivity contribution is -0.137. The summed E-state index contributed by atoms with van der Waals surface area (Å²) in [6.45, 7) is 2.90. The highest BCUT2D eigenvalue weighted by Gasteiger charge is 2.38. The molecule has 0 unspecified atom stereocenters. The fourth-order valence-electron chi connectivity index (χ4n) is 4.75. The number of piperazine rings is 1. The van der Waals surface area contributed by atoms with E-state index in [4.69, 9.17) is 9.47 Å². The molecule has 3 aliphatic heterocycles. The maximum absolute atomic E-state index is 13.2. The number of carbonyl (C=O) groups is 2. The molecule has 186 valence electrons. The lowest BCUT2D eigenvalue weighted by atomic mass is 10.1. The van der Waals surface area contributed by atoms with E-state index < -0.39 is 15.9 Å². The monoisotopic (exact) mass is 499 g/mol. The summed E-state index contributed by atoms with van der Waals surface area (Å²) in [5.41, 5.74) is 1.03. The van der Waals surface area contributed by atoms with Crippen LogP contribution in [0.15, 0.2) is 53.4 Å². The number of sulfonamides is 1. The fraction of sp³-hybridized carbons (Fsp3) is 0.440. The molecule has 2 aromatic rings. The smallest absolute Gasteiger partial charge is 0.243 e. The van der Waals surface area contributed by atoms with Crippen LogP contribution < -0.4 is 9.47 Å². The number of amides is 2. The van der Waals surface area contributed by atoms with Crippen LogP contribution in [0.2, 0.25) is 0 Å². The minimum atomic E-state index is -3.73. The summed E-state index contributed by atoms with van der Waals surface area (Å²) in [5.74, 6) is 0.480. The Morgan fingerprint density at radius 3 is 2.40 bits per heavy atom. The number of hydrogen-bond acceptors (Lipinski definition) is 6. The van der Waals surface area contributed by atoms with Crippen molar-refractivity contribution in [2.75, 3.05) is 45.9 Å². The van der Waals surface area contributed by atoms with Gasteiger partial charge in [0.25, 0.3) is 0 Å². The molecular weight excluding hydrogens is 470 g/mol. The van der Waals surface area contributed by atoms with Gasteiger partial charge in [-0.05, 0) is 17.7 Å². The Kier molecular flexibility index (Phi) is 6.66. The molecule has 9 nitrogen and oxygen atoms in total. The molecule has 10 heteroatoms. The van der Waals surface area contributed by atoms with Gasteiger partial charge >= 0.3 is 0 Å². The molecule has 0 saturated carbocycles. The number of fused-ring (bicyclic) bond motifs is 1. The predicted octanol–water partition coefficient (Wildman–Crippen LogP) is 1.73. The average Bonchev–Trinajstić information content (AvgIpc) is 3.08. The number of nitrogens with zero attached hydrogens (tertiary/aromatic N) is 3. The van der Waals surface area contributed by atoms with Crippen LogP contribution >= 0.6 is 0 Å². The number of ether oxygens (including phenoxy) is 2. The molecule has 0 N–H and O–H groups in total. The molecular formula is C25H29N3O6S. The summed E-state index contributed by atoms with van der Waals surface area (Å²) in [4.78, 5) is 29.2. The van der Waals surface area contributed by atoms with Gasteiger partial charge in [0, 0.05) is 58.2 Å². The van der Waals surface area contributed by atoms with Gasteiger partial charge in [-0.2, -0.15) is 4.31 Å². The van der Waals surface area contributed by atoms with Crippen molar-refractivity contribution >= 4 is 21.8 Å². The van der Waals surface area contributed by atoms with E-state index in [1.165, 1.54) is 16.4 Å². The molecule has 3 heterocycles. The molecule has 0 bridgehead atoms. The Morgan fingerprint density at radius 1 is 0.943 bits per heavy atom. The quantitative estimate of drug-likeness (QED) is 0.622. The number of hydrogen-bond donors (Lipinski definition) is 0. The normalized spacial score (nSPS) is 21.1. The maximum atomic E-state index is 13.2. The average molecular weight is 500 g/mol. The molecule has 2 aromatic carbocycles. The topological polar surface area (TPSA) is 96.5 Å². The minimum Gasteiger partial charge on any atom is -0.490 e. The van der Waals surface area contributed by atoms with Gasteiger partial charge < -0.3 is 19.3 Å². The molecule has 2 amide bonds. The van der Waals surface area contributed by atoms with Crippen LogP contribution in [0.25, 0.3) is 0 Å². The predicted molar refractivity (Wildman–Crippen MR) is 127 cm³/mol. The number of likely N-dealkylation sites (tertiary alicyclic amines) is 1. The molecule has 5 rings (SSSR count). The van der Waals surface area contributed by atoms with Crippen molar-refractivity contribution in [3.05, 3.63) is 54.1 Å². The third kappa shape index (κ3) is 4.99. The van der Waals surface area contributed by atoms with Gasteiger partial charge in [-0.3, -0.25) is 9.59 Å². The summed E-state index contributed by atoms with van der Waals surface area (Å²) in [6, 6.07) is 14.4. The van der Waals surface area contributed by atoms with Crippen LogP contribution in [0.5, 0.6) is 11.5 Å². The molecule has 3 aliphatic rings. The van der Waals surface area contributed by atoms with Gasteiger partial charge in [-0.1, -0.05) is 30.3 Å². The fourth-order valence-corrected chi connectivity index (χ4v) is 6.19. The van der Waals surface area contributed by atoms with Crippen LogP contribution in [-0.4, -0.2) is 80.3 Å². The van der Waals surface area contributed by atoms with E-state index >= 15 is 0 Å². The first-order valence-electron chi connectivity index (χ1n) is 11.9. The lowest BCUT2D eigenvalue weighted by Gasteiger charge is -2.35. The molecule has 1 atom stereocenters. The van der Waals surface area contributed by atoms with Crippen molar-refractivity contribution in [3.8, 4) is 11.5 Å². The van der Waals surface area contributed by atoms with E-state index in [1.807, 2.05) is 30.3 Å². The largest absolute Gasteiger partial charge is 0.490 e. The molecule has 0 aliphatic carbocycles. The van der Waals surface area contributed by atoms with Gasteiger partial charge in [-0.25, -0.2) is 8.42 Å². The van der Waals surface area contributed by atoms with E-state index in [2.05, 4.69) is 0 Å².